The maximum Gasteiger partial charge on any atom is 0.143 e. The van der Waals surface area contributed by atoms with Crippen LogP contribution in [0.2, 0.25) is 0 Å². The molecule has 0 N–H and O–H groups in total. The van der Waals surface area contributed by atoms with E-state index in [2.05, 4.69) is 431 Å². The lowest BCUT2D eigenvalue weighted by Gasteiger charge is -2.18. The Hall–Kier alpha value is -16.6. The van der Waals surface area contributed by atoms with E-state index in [0.717, 1.165) is 244 Å². The minimum atomic E-state index is 0.832. The normalized spacial score (nSPS) is 11.5. The van der Waals surface area contributed by atoms with Gasteiger partial charge in [-0.2, -0.15) is 0 Å². The largest absolute Gasteiger partial charge is 0.455 e. The molecule has 0 spiro atoms. The minimum absolute atomic E-state index is 0.832. The topological polar surface area (TPSA) is 65.7 Å². The zero-order valence-corrected chi connectivity index (χ0v) is 67.9. The molecule has 0 saturated heterocycles. The second kappa shape index (κ2) is 31.5. The molecule has 0 aliphatic rings. The highest BCUT2D eigenvalue weighted by molar-refractivity contribution is 6.26. The summed E-state index contributed by atoms with van der Waals surface area (Å²) >= 11 is 0. The van der Waals surface area contributed by atoms with Crippen molar-refractivity contribution in [2.24, 2.45) is 0 Å². The first-order valence-electron chi connectivity index (χ1n) is 42.5. The zero-order chi connectivity index (χ0) is 82.7. The molecular formula is C120H76O5. The van der Waals surface area contributed by atoms with Crippen molar-refractivity contribution in [1.29, 1.82) is 0 Å². The summed E-state index contributed by atoms with van der Waals surface area (Å²) in [6, 6.07) is 163. The van der Waals surface area contributed by atoms with Crippen molar-refractivity contribution in [3.8, 4) is 168 Å². The smallest absolute Gasteiger partial charge is 0.143 e. The molecule has 0 aliphatic heterocycles. The van der Waals surface area contributed by atoms with E-state index in [1.165, 1.54) is 0 Å². The molecule has 5 aromatic heterocycles. The summed E-state index contributed by atoms with van der Waals surface area (Å²) < 4.78 is 34.5. The van der Waals surface area contributed by atoms with Gasteiger partial charge in [0.15, 0.2) is 0 Å². The van der Waals surface area contributed by atoms with Crippen molar-refractivity contribution < 1.29 is 22.1 Å². The molecule has 0 bridgehead atoms. The lowest BCUT2D eigenvalue weighted by atomic mass is 9.85. The number of rotatable bonds is 15. The average Bonchev–Trinajstić information content (AvgIpc) is 1.70. The third kappa shape index (κ3) is 13.2. The average molecular weight is 1600 g/mol. The van der Waals surface area contributed by atoms with Gasteiger partial charge < -0.3 is 22.1 Å². The highest BCUT2D eigenvalue weighted by atomic mass is 16.4. The number of hydrogen-bond donors (Lipinski definition) is 0. The minimum Gasteiger partial charge on any atom is -0.455 e. The Morgan fingerprint density at radius 3 is 0.648 bits per heavy atom. The van der Waals surface area contributed by atoms with Gasteiger partial charge in [0.05, 0.1) is 0 Å². The molecule has 19 aromatic carbocycles. The summed E-state index contributed by atoms with van der Waals surface area (Å²) in [7, 11) is 0. The SMILES string of the molecule is c1ccc(-c2oc3c(-c4c5ccccc5c(-c5cccc6c(-c7ccccc7)c(-c7ccccc7)oc56)c5ccccc45)cccc3c2-c2ccccc2)cc1.c1ccc(-c2oc3cc(-c4cc(-c5ccc6oc(-c7ccccc7)c(-c7ccccc7)c6c5)cc(-c5ccc6oc(-c7ccccc7)c(-c7ccccc7)c6c5)c4)ccc3c2-c2ccccc2)cc1. The van der Waals surface area contributed by atoms with E-state index < -0.39 is 0 Å². The van der Waals surface area contributed by atoms with E-state index in [1.54, 1.807) is 0 Å². The Morgan fingerprint density at radius 2 is 0.344 bits per heavy atom. The number of fused-ring (bicyclic) bond motifs is 7. The summed E-state index contributed by atoms with van der Waals surface area (Å²) in [5.41, 5.74) is 31.4. The van der Waals surface area contributed by atoms with Gasteiger partial charge in [0.1, 0.15) is 56.7 Å². The van der Waals surface area contributed by atoms with Gasteiger partial charge in [0.25, 0.3) is 0 Å². The molecule has 125 heavy (non-hydrogen) atoms. The van der Waals surface area contributed by atoms with Crippen molar-refractivity contribution in [2.45, 2.75) is 0 Å². The molecule has 5 nitrogen and oxygen atoms in total. The summed E-state index contributed by atoms with van der Waals surface area (Å²) in [6.45, 7) is 0. The Kier molecular flexibility index (Phi) is 18.5. The molecule has 0 unspecified atom stereocenters. The molecule has 0 saturated carbocycles. The molecule has 0 aliphatic carbocycles. The number of benzene rings is 19. The second-order valence-corrected chi connectivity index (χ2v) is 31.8. The predicted molar refractivity (Wildman–Crippen MR) is 518 cm³/mol. The number of hydrogen-bond acceptors (Lipinski definition) is 5. The highest BCUT2D eigenvalue weighted by Gasteiger charge is 2.29. The van der Waals surface area contributed by atoms with Crippen LogP contribution in [0.3, 0.4) is 0 Å². The zero-order valence-electron chi connectivity index (χ0n) is 67.9. The molecule has 0 radical (unpaired) electrons. The third-order valence-electron chi connectivity index (χ3n) is 24.4. The van der Waals surface area contributed by atoms with Crippen molar-refractivity contribution in [2.75, 3.05) is 0 Å². The van der Waals surface area contributed by atoms with Crippen molar-refractivity contribution in [3.05, 3.63) is 461 Å². The highest BCUT2D eigenvalue weighted by Crippen LogP contribution is 2.54. The van der Waals surface area contributed by atoms with E-state index in [-0.39, 0.29) is 0 Å². The van der Waals surface area contributed by atoms with Crippen LogP contribution < -0.4 is 0 Å². The molecule has 24 aromatic rings. The fourth-order valence-electron chi connectivity index (χ4n) is 18.7. The molecule has 0 atom stereocenters. The fourth-order valence-corrected chi connectivity index (χ4v) is 18.7. The third-order valence-corrected chi connectivity index (χ3v) is 24.4. The quantitative estimate of drug-likeness (QED) is 0.0957. The Morgan fingerprint density at radius 1 is 0.112 bits per heavy atom. The summed E-state index contributed by atoms with van der Waals surface area (Å²) in [5, 5.41) is 9.99. The van der Waals surface area contributed by atoms with Crippen LogP contribution in [0, 0.1) is 0 Å². The van der Waals surface area contributed by atoms with Gasteiger partial charge in [0.2, 0.25) is 0 Å². The van der Waals surface area contributed by atoms with Crippen LogP contribution >= 0.6 is 0 Å². The van der Waals surface area contributed by atoms with Gasteiger partial charge in [-0.1, -0.05) is 406 Å². The van der Waals surface area contributed by atoms with E-state index in [9.17, 15) is 0 Å². The predicted octanol–water partition coefficient (Wildman–Crippen LogP) is 34.4. The standard InChI is InChI=1S/C66H42O3.C54H34O2/c1-7-19-43(20-8-1)61-55-34-31-51(42-60(55)69-64(61)46-25-13-4-14-26-46)54-38-52(49-32-35-58-56(40-49)62(44-21-9-2-10-22-44)65(67-58)47-27-15-5-16-28-47)37-53(39-54)50-33-36-59-57(41-50)63(45-23-11-3-12-24-45)66(68-59)48-29-17-6-18-30-48;1-5-19-35(20-6-1)47-43-31-17-33-45(53(43)55-51(47)37-23-9-3-10-24-37)49-39-27-13-15-29-41(39)50(42-30-16-14-28-40(42)49)46-34-18-32-44-48(36-21-7-2-8-22-36)52(56-54(44)46)38-25-11-4-12-26-38/h1-42H;1-34H. The van der Waals surface area contributed by atoms with E-state index in [1.807, 2.05) is 30.3 Å². The summed E-state index contributed by atoms with van der Waals surface area (Å²) in [6.07, 6.45) is 0. The lowest BCUT2D eigenvalue weighted by Crippen LogP contribution is -1.91. The van der Waals surface area contributed by atoms with Crippen LogP contribution in [0.25, 0.3) is 244 Å². The van der Waals surface area contributed by atoms with Crippen LogP contribution in [0.1, 0.15) is 0 Å². The van der Waals surface area contributed by atoms with Crippen LogP contribution in [-0.2, 0) is 0 Å². The van der Waals surface area contributed by atoms with Crippen molar-refractivity contribution >= 4 is 76.4 Å². The lowest BCUT2D eigenvalue weighted by molar-refractivity contribution is 0.632. The second-order valence-electron chi connectivity index (χ2n) is 31.8. The molecular weight excluding hydrogens is 1520 g/mol. The Bertz CT molecular complexity index is 7680. The van der Waals surface area contributed by atoms with Crippen LogP contribution in [-0.4, -0.2) is 0 Å². The molecule has 24 rings (SSSR count). The van der Waals surface area contributed by atoms with Crippen LogP contribution in [0.15, 0.2) is 483 Å². The molecule has 0 amide bonds. The van der Waals surface area contributed by atoms with E-state index in [0.29, 0.717) is 0 Å². The van der Waals surface area contributed by atoms with Gasteiger partial charge in [-0.05, 0) is 137 Å². The first-order chi connectivity index (χ1) is 62.0. The molecule has 5 heterocycles. The summed E-state index contributed by atoms with van der Waals surface area (Å²) in [4.78, 5) is 0. The molecule has 0 fully saturated rings. The van der Waals surface area contributed by atoms with Gasteiger partial charge >= 0.3 is 0 Å². The first-order valence-corrected chi connectivity index (χ1v) is 42.5. The Labute approximate surface area is 722 Å². The van der Waals surface area contributed by atoms with Crippen molar-refractivity contribution in [3.63, 3.8) is 0 Å². The van der Waals surface area contributed by atoms with Crippen molar-refractivity contribution in [1.82, 2.24) is 0 Å². The van der Waals surface area contributed by atoms with Crippen LogP contribution in [0.5, 0.6) is 0 Å². The maximum atomic E-state index is 7.08. The molecule has 5 heteroatoms. The number of furan rings is 5. The Balaban J connectivity index is 0.000000147. The van der Waals surface area contributed by atoms with Gasteiger partial charge in [-0.3, -0.25) is 0 Å². The van der Waals surface area contributed by atoms with Gasteiger partial charge in [-0.25, -0.2) is 0 Å². The van der Waals surface area contributed by atoms with Crippen LogP contribution in [0.4, 0.5) is 0 Å². The first kappa shape index (κ1) is 73.5. The monoisotopic (exact) mass is 1600 g/mol. The van der Waals surface area contributed by atoms with Gasteiger partial charge in [-0.15, -0.1) is 0 Å². The van der Waals surface area contributed by atoms with E-state index in [4.69, 9.17) is 22.1 Å². The summed E-state index contributed by atoms with van der Waals surface area (Å²) in [5.74, 6) is 4.32. The number of para-hydroxylation sites is 2. The molecule has 586 valence electrons. The maximum absolute atomic E-state index is 7.08. The fraction of sp³-hybridized carbons (Fsp3) is 0. The van der Waals surface area contributed by atoms with E-state index >= 15 is 0 Å². The van der Waals surface area contributed by atoms with Gasteiger partial charge in [0, 0.05) is 105 Å².